The van der Waals surface area contributed by atoms with Gasteiger partial charge in [-0.05, 0) is 19.1 Å². The molecule has 0 spiro atoms. The molecule has 0 fully saturated rings. The zero-order valence-corrected chi connectivity index (χ0v) is 7.57. The minimum atomic E-state index is -0.318. The molecule has 0 unspecified atom stereocenters. The molecule has 0 saturated carbocycles. The molecule has 0 atom stereocenters. The molecule has 0 bridgehead atoms. The monoisotopic (exact) mass is 218 g/mol. The summed E-state index contributed by atoms with van der Waals surface area (Å²) in [6.45, 7) is 1.68. The van der Waals surface area contributed by atoms with E-state index in [1.807, 2.05) is 0 Å². The minimum Gasteiger partial charge on any atom is -0.321 e. The third-order valence-corrected chi connectivity index (χ3v) is 2.33. The Morgan fingerprint density at radius 3 is 2.73 bits per heavy atom. The summed E-state index contributed by atoms with van der Waals surface area (Å²) < 4.78 is 13.8. The first-order valence-electron chi connectivity index (χ1n) is 3.08. The second-order valence-electron chi connectivity index (χ2n) is 2.18. The fourth-order valence-corrected chi connectivity index (χ4v) is 1.08. The molecule has 0 aliphatic rings. The molecule has 0 amide bonds. The van der Waals surface area contributed by atoms with Gasteiger partial charge in [0.25, 0.3) is 0 Å². The lowest BCUT2D eigenvalue weighted by atomic mass is 10.2. The van der Waals surface area contributed by atoms with E-state index >= 15 is 0 Å². The maximum atomic E-state index is 13.1. The lowest BCUT2D eigenvalue weighted by Gasteiger charge is -2.05. The molecule has 3 N–H and O–H groups in total. The molecular formula is C7H8BrFN2. The number of hydrogen-bond acceptors (Lipinski definition) is 2. The molecule has 4 heteroatoms. The van der Waals surface area contributed by atoms with E-state index in [4.69, 9.17) is 5.84 Å². The third-order valence-electron chi connectivity index (χ3n) is 1.48. The van der Waals surface area contributed by atoms with Gasteiger partial charge in [-0.25, -0.2) is 4.39 Å². The van der Waals surface area contributed by atoms with Crippen molar-refractivity contribution in [3.8, 4) is 0 Å². The molecule has 0 radical (unpaired) electrons. The standard InChI is InChI=1S/C7H8BrFN2/c1-4-5(8)2-3-6(11-10)7(4)9/h2-3,11H,10H2,1H3. The van der Waals surface area contributed by atoms with Gasteiger partial charge in [0.1, 0.15) is 0 Å². The van der Waals surface area contributed by atoms with Gasteiger partial charge < -0.3 is 5.43 Å². The van der Waals surface area contributed by atoms with Crippen LogP contribution in [0.4, 0.5) is 10.1 Å². The number of nitrogen functional groups attached to an aromatic ring is 1. The summed E-state index contributed by atoms with van der Waals surface area (Å²) >= 11 is 3.20. The maximum absolute atomic E-state index is 13.1. The Balaban J connectivity index is 3.25. The summed E-state index contributed by atoms with van der Waals surface area (Å²) in [4.78, 5) is 0. The largest absolute Gasteiger partial charge is 0.321 e. The van der Waals surface area contributed by atoms with Crippen LogP contribution in [-0.2, 0) is 0 Å². The van der Waals surface area contributed by atoms with Crippen LogP contribution in [0.1, 0.15) is 5.56 Å². The first kappa shape index (κ1) is 8.49. The van der Waals surface area contributed by atoms with Gasteiger partial charge in [-0.2, -0.15) is 0 Å². The minimum absolute atomic E-state index is 0.311. The van der Waals surface area contributed by atoms with E-state index < -0.39 is 0 Å². The van der Waals surface area contributed by atoms with Crippen molar-refractivity contribution in [2.24, 2.45) is 5.84 Å². The number of rotatable bonds is 1. The Hall–Kier alpha value is -0.610. The summed E-state index contributed by atoms with van der Waals surface area (Å²) in [5.41, 5.74) is 3.13. The molecule has 0 aliphatic heterocycles. The van der Waals surface area contributed by atoms with Crippen molar-refractivity contribution >= 4 is 21.6 Å². The molecule has 1 rings (SSSR count). The third kappa shape index (κ3) is 1.52. The van der Waals surface area contributed by atoms with Crippen LogP contribution in [-0.4, -0.2) is 0 Å². The predicted molar refractivity (Wildman–Crippen MR) is 46.6 cm³/mol. The van der Waals surface area contributed by atoms with Crippen LogP contribution in [0.15, 0.2) is 16.6 Å². The van der Waals surface area contributed by atoms with Crippen molar-refractivity contribution in [2.45, 2.75) is 6.92 Å². The zero-order valence-electron chi connectivity index (χ0n) is 5.99. The molecule has 0 aromatic heterocycles. The van der Waals surface area contributed by atoms with Gasteiger partial charge in [-0.3, -0.25) is 5.84 Å². The number of hydrogen-bond donors (Lipinski definition) is 2. The fourth-order valence-electron chi connectivity index (χ4n) is 0.773. The highest BCUT2D eigenvalue weighted by atomic mass is 79.9. The maximum Gasteiger partial charge on any atom is 0.151 e. The van der Waals surface area contributed by atoms with E-state index in [1.165, 1.54) is 0 Å². The smallest absolute Gasteiger partial charge is 0.151 e. The van der Waals surface area contributed by atoms with E-state index in [0.717, 1.165) is 4.47 Å². The van der Waals surface area contributed by atoms with Crippen molar-refractivity contribution in [1.29, 1.82) is 0 Å². The Morgan fingerprint density at radius 1 is 1.55 bits per heavy atom. The lowest BCUT2D eigenvalue weighted by Crippen LogP contribution is -2.09. The number of anilines is 1. The second kappa shape index (κ2) is 3.19. The molecule has 11 heavy (non-hydrogen) atoms. The molecule has 1 aromatic carbocycles. The van der Waals surface area contributed by atoms with Gasteiger partial charge in [-0.15, -0.1) is 0 Å². The fraction of sp³-hybridized carbons (Fsp3) is 0.143. The van der Waals surface area contributed by atoms with Crippen molar-refractivity contribution in [3.63, 3.8) is 0 Å². The Labute approximate surface area is 72.7 Å². The van der Waals surface area contributed by atoms with Gasteiger partial charge in [0.05, 0.1) is 5.69 Å². The van der Waals surface area contributed by atoms with E-state index in [2.05, 4.69) is 21.4 Å². The summed E-state index contributed by atoms with van der Waals surface area (Å²) in [6, 6.07) is 3.32. The molecule has 2 nitrogen and oxygen atoms in total. The van der Waals surface area contributed by atoms with Crippen molar-refractivity contribution in [2.75, 3.05) is 5.43 Å². The first-order valence-corrected chi connectivity index (χ1v) is 3.87. The summed E-state index contributed by atoms with van der Waals surface area (Å²) in [6.07, 6.45) is 0. The molecule has 1 aromatic rings. The Morgan fingerprint density at radius 2 is 2.18 bits per heavy atom. The SMILES string of the molecule is Cc1c(Br)ccc(NN)c1F. The highest BCUT2D eigenvalue weighted by Crippen LogP contribution is 2.23. The number of nitrogens with two attached hydrogens (primary N) is 1. The predicted octanol–water partition coefficient (Wildman–Crippen LogP) is 2.18. The highest BCUT2D eigenvalue weighted by Gasteiger charge is 2.05. The number of halogens is 2. The van der Waals surface area contributed by atoms with Gasteiger partial charge in [-0.1, -0.05) is 15.9 Å². The first-order chi connectivity index (χ1) is 5.16. The molecule has 0 aliphatic carbocycles. The molecule has 0 heterocycles. The van der Waals surface area contributed by atoms with Crippen molar-refractivity contribution < 1.29 is 4.39 Å². The van der Waals surface area contributed by atoms with Crippen LogP contribution in [0.2, 0.25) is 0 Å². The summed E-state index contributed by atoms with van der Waals surface area (Å²) in [7, 11) is 0. The quantitative estimate of drug-likeness (QED) is 0.561. The van der Waals surface area contributed by atoms with Gasteiger partial charge in [0.2, 0.25) is 0 Å². The van der Waals surface area contributed by atoms with Crippen molar-refractivity contribution in [3.05, 3.63) is 28.0 Å². The van der Waals surface area contributed by atoms with E-state index in [-0.39, 0.29) is 5.82 Å². The lowest BCUT2D eigenvalue weighted by molar-refractivity contribution is 0.620. The van der Waals surface area contributed by atoms with Crippen LogP contribution < -0.4 is 11.3 Å². The van der Waals surface area contributed by atoms with Crippen LogP contribution in [0.3, 0.4) is 0 Å². The molecule has 0 saturated heterocycles. The normalized spacial score (nSPS) is 9.82. The van der Waals surface area contributed by atoms with E-state index in [0.29, 0.717) is 11.3 Å². The van der Waals surface area contributed by atoms with Crippen LogP contribution >= 0.6 is 15.9 Å². The van der Waals surface area contributed by atoms with Crippen molar-refractivity contribution in [1.82, 2.24) is 0 Å². The van der Waals surface area contributed by atoms with Gasteiger partial charge in [0, 0.05) is 10.0 Å². The van der Waals surface area contributed by atoms with Gasteiger partial charge >= 0.3 is 0 Å². The van der Waals surface area contributed by atoms with Crippen LogP contribution in [0.5, 0.6) is 0 Å². The van der Waals surface area contributed by atoms with Crippen LogP contribution in [0.25, 0.3) is 0 Å². The number of benzene rings is 1. The average Bonchev–Trinajstić information content (AvgIpc) is 2.01. The van der Waals surface area contributed by atoms with Gasteiger partial charge in [0.15, 0.2) is 5.82 Å². The zero-order chi connectivity index (χ0) is 8.43. The summed E-state index contributed by atoms with van der Waals surface area (Å²) in [5.74, 6) is 4.75. The highest BCUT2D eigenvalue weighted by molar-refractivity contribution is 9.10. The molecule has 60 valence electrons. The van der Waals surface area contributed by atoms with E-state index in [9.17, 15) is 4.39 Å². The van der Waals surface area contributed by atoms with E-state index in [1.54, 1.807) is 19.1 Å². The van der Waals surface area contributed by atoms with Crippen LogP contribution in [0, 0.1) is 12.7 Å². The number of hydrazine groups is 1. The number of nitrogens with one attached hydrogen (secondary N) is 1. The Bertz CT molecular complexity index is 275. The summed E-state index contributed by atoms with van der Waals surface area (Å²) in [5, 5.41) is 0. The Kier molecular flexibility index (Phi) is 2.46. The topological polar surface area (TPSA) is 38.0 Å². The average molecular weight is 219 g/mol. The molecular weight excluding hydrogens is 211 g/mol. The second-order valence-corrected chi connectivity index (χ2v) is 3.03.